The van der Waals surface area contributed by atoms with Gasteiger partial charge in [0.1, 0.15) is 11.9 Å². The van der Waals surface area contributed by atoms with Gasteiger partial charge in [0, 0.05) is 18.5 Å². The van der Waals surface area contributed by atoms with Crippen LogP contribution in [-0.2, 0) is 20.7 Å². The number of hydrogen-bond donors (Lipinski definition) is 0. The summed E-state index contributed by atoms with van der Waals surface area (Å²) in [4.78, 5) is 27.2. The van der Waals surface area contributed by atoms with E-state index in [-0.39, 0.29) is 24.4 Å². The van der Waals surface area contributed by atoms with Gasteiger partial charge in [0.2, 0.25) is 5.91 Å². The summed E-state index contributed by atoms with van der Waals surface area (Å²) in [5.74, 6) is -1.02. The Morgan fingerprint density at radius 3 is 2.57 bits per heavy atom. The highest BCUT2D eigenvalue weighted by molar-refractivity contribution is 5.95. The second-order valence-electron chi connectivity index (χ2n) is 6.82. The molecule has 0 spiro atoms. The average molecular weight is 381 g/mol. The van der Waals surface area contributed by atoms with Gasteiger partial charge in [0.25, 0.3) is 0 Å². The Labute approximate surface area is 164 Å². The van der Waals surface area contributed by atoms with Crippen LogP contribution in [0.3, 0.4) is 0 Å². The summed E-state index contributed by atoms with van der Waals surface area (Å²) in [5, 5.41) is 0. The second kappa shape index (κ2) is 9.31. The Morgan fingerprint density at radius 2 is 1.93 bits per heavy atom. The molecule has 1 unspecified atom stereocenters. The lowest BCUT2D eigenvalue weighted by Gasteiger charge is -2.29. The average Bonchev–Trinajstić information content (AvgIpc) is 3.52. The Kier molecular flexibility index (Phi) is 6.58. The maximum atomic E-state index is 13.4. The van der Waals surface area contributed by atoms with E-state index in [0.717, 1.165) is 18.4 Å². The van der Waals surface area contributed by atoms with Crippen LogP contribution in [0.4, 0.5) is 4.39 Å². The van der Waals surface area contributed by atoms with Crippen molar-refractivity contribution in [2.24, 2.45) is 0 Å². The molecule has 1 fully saturated rings. The molecule has 4 nitrogen and oxygen atoms in total. The standard InChI is InChI=1S/C23H24FNO3/c1-2-28-23(27)21(16-17-7-4-3-5-8-17)25(20-12-13-20)22(26)14-11-18-9-6-10-19(24)15-18/h3-11,14-15,20-21H,2,12-13,16H2,1H3. The monoisotopic (exact) mass is 381 g/mol. The predicted molar refractivity (Wildman–Crippen MR) is 106 cm³/mol. The Bertz CT molecular complexity index is 846. The third kappa shape index (κ3) is 5.28. The number of esters is 1. The minimum Gasteiger partial charge on any atom is -0.464 e. The largest absolute Gasteiger partial charge is 0.464 e. The van der Waals surface area contributed by atoms with Crippen LogP contribution in [0, 0.1) is 5.82 Å². The molecule has 28 heavy (non-hydrogen) atoms. The van der Waals surface area contributed by atoms with Crippen molar-refractivity contribution >= 4 is 18.0 Å². The van der Waals surface area contributed by atoms with Crippen molar-refractivity contribution in [1.29, 1.82) is 0 Å². The van der Waals surface area contributed by atoms with Gasteiger partial charge in [0.05, 0.1) is 6.61 Å². The number of hydrogen-bond acceptors (Lipinski definition) is 3. The van der Waals surface area contributed by atoms with Crippen LogP contribution >= 0.6 is 0 Å². The minimum atomic E-state index is -0.681. The molecule has 3 rings (SSSR count). The summed E-state index contributed by atoms with van der Waals surface area (Å²) < 4.78 is 18.6. The molecule has 1 aliphatic rings. The zero-order valence-corrected chi connectivity index (χ0v) is 15.9. The van der Waals surface area contributed by atoms with Gasteiger partial charge in [-0.2, -0.15) is 0 Å². The number of halogens is 1. The summed E-state index contributed by atoms with van der Waals surface area (Å²) >= 11 is 0. The highest BCUT2D eigenvalue weighted by atomic mass is 19.1. The van der Waals surface area contributed by atoms with E-state index in [1.54, 1.807) is 30.0 Å². The van der Waals surface area contributed by atoms with E-state index in [1.165, 1.54) is 18.2 Å². The lowest BCUT2D eigenvalue weighted by molar-refractivity contribution is -0.154. The Hall–Kier alpha value is -2.95. The zero-order chi connectivity index (χ0) is 19.9. The molecule has 0 bridgehead atoms. The van der Waals surface area contributed by atoms with Crippen LogP contribution in [0.15, 0.2) is 60.7 Å². The zero-order valence-electron chi connectivity index (χ0n) is 15.9. The number of rotatable bonds is 8. The van der Waals surface area contributed by atoms with Crippen LogP contribution in [-0.4, -0.2) is 35.5 Å². The van der Waals surface area contributed by atoms with Crippen LogP contribution in [0.25, 0.3) is 6.08 Å². The lowest BCUT2D eigenvalue weighted by atomic mass is 10.0. The van der Waals surface area contributed by atoms with Gasteiger partial charge in [-0.05, 0) is 49.1 Å². The topological polar surface area (TPSA) is 46.6 Å². The second-order valence-corrected chi connectivity index (χ2v) is 6.82. The van der Waals surface area contributed by atoms with E-state index in [0.29, 0.717) is 12.0 Å². The number of ether oxygens (including phenoxy) is 1. The summed E-state index contributed by atoms with van der Waals surface area (Å²) in [6.45, 7) is 2.01. The first kappa shape index (κ1) is 19.8. The van der Waals surface area contributed by atoms with Gasteiger partial charge in [-0.25, -0.2) is 9.18 Å². The number of benzene rings is 2. The maximum Gasteiger partial charge on any atom is 0.329 e. The fourth-order valence-electron chi connectivity index (χ4n) is 3.18. The van der Waals surface area contributed by atoms with Crippen LogP contribution in [0.2, 0.25) is 0 Å². The van der Waals surface area contributed by atoms with E-state index in [4.69, 9.17) is 4.74 Å². The molecule has 0 aliphatic heterocycles. The van der Waals surface area contributed by atoms with Crippen molar-refractivity contribution in [2.45, 2.75) is 38.3 Å². The summed E-state index contributed by atoms with van der Waals surface area (Å²) in [5.41, 5.74) is 1.56. The molecular weight excluding hydrogens is 357 g/mol. The maximum absolute atomic E-state index is 13.4. The normalized spacial score (nSPS) is 14.6. The first-order valence-electron chi connectivity index (χ1n) is 9.55. The molecule has 0 heterocycles. The highest BCUT2D eigenvalue weighted by Gasteiger charge is 2.40. The van der Waals surface area contributed by atoms with Gasteiger partial charge in [-0.1, -0.05) is 42.5 Å². The Balaban J connectivity index is 1.83. The molecule has 2 aromatic rings. The number of amides is 1. The lowest BCUT2D eigenvalue weighted by Crippen LogP contribution is -2.48. The number of carbonyl (C=O) groups is 2. The smallest absolute Gasteiger partial charge is 0.329 e. The van der Waals surface area contributed by atoms with Crippen molar-refractivity contribution in [3.63, 3.8) is 0 Å². The van der Waals surface area contributed by atoms with E-state index < -0.39 is 12.0 Å². The third-order valence-corrected chi connectivity index (χ3v) is 4.63. The quantitative estimate of drug-likeness (QED) is 0.513. The van der Waals surface area contributed by atoms with Crippen molar-refractivity contribution in [2.75, 3.05) is 6.61 Å². The minimum absolute atomic E-state index is 0.0303. The van der Waals surface area contributed by atoms with Gasteiger partial charge in [0.15, 0.2) is 0 Å². The summed E-state index contributed by atoms with van der Waals surface area (Å²) in [7, 11) is 0. The molecule has 1 atom stereocenters. The van der Waals surface area contributed by atoms with E-state index >= 15 is 0 Å². The first-order chi connectivity index (χ1) is 13.6. The summed E-state index contributed by atoms with van der Waals surface area (Å²) in [6.07, 6.45) is 5.11. The van der Waals surface area contributed by atoms with Gasteiger partial charge in [-0.3, -0.25) is 4.79 Å². The molecule has 1 saturated carbocycles. The first-order valence-corrected chi connectivity index (χ1v) is 9.55. The SMILES string of the molecule is CCOC(=O)C(Cc1ccccc1)N(C(=O)C=Cc1cccc(F)c1)C1CC1. The van der Waals surface area contributed by atoms with Crippen LogP contribution in [0.5, 0.6) is 0 Å². The fraction of sp³-hybridized carbons (Fsp3) is 0.304. The van der Waals surface area contributed by atoms with Crippen molar-refractivity contribution in [1.82, 2.24) is 4.90 Å². The fourth-order valence-corrected chi connectivity index (χ4v) is 3.18. The van der Waals surface area contributed by atoms with E-state index in [1.807, 2.05) is 30.3 Å². The summed E-state index contributed by atoms with van der Waals surface area (Å²) in [6, 6.07) is 15.0. The molecule has 0 radical (unpaired) electrons. The molecule has 1 amide bonds. The third-order valence-electron chi connectivity index (χ3n) is 4.63. The van der Waals surface area contributed by atoms with Crippen LogP contribution < -0.4 is 0 Å². The number of nitrogens with zero attached hydrogens (tertiary/aromatic N) is 1. The molecule has 1 aliphatic carbocycles. The molecule has 2 aromatic carbocycles. The van der Waals surface area contributed by atoms with E-state index in [2.05, 4.69) is 0 Å². The Morgan fingerprint density at radius 1 is 1.18 bits per heavy atom. The number of carbonyl (C=O) groups excluding carboxylic acids is 2. The molecule has 0 N–H and O–H groups in total. The molecular formula is C23H24FNO3. The molecule has 5 heteroatoms. The van der Waals surface area contributed by atoms with Crippen LogP contribution in [0.1, 0.15) is 30.9 Å². The van der Waals surface area contributed by atoms with Gasteiger partial charge >= 0.3 is 5.97 Å². The van der Waals surface area contributed by atoms with Crippen molar-refractivity contribution in [3.8, 4) is 0 Å². The van der Waals surface area contributed by atoms with Gasteiger partial charge in [-0.15, -0.1) is 0 Å². The van der Waals surface area contributed by atoms with Gasteiger partial charge < -0.3 is 9.64 Å². The molecule has 0 aromatic heterocycles. The molecule has 0 saturated heterocycles. The highest BCUT2D eigenvalue weighted by Crippen LogP contribution is 2.30. The predicted octanol–water partition coefficient (Wildman–Crippen LogP) is 4.00. The van der Waals surface area contributed by atoms with E-state index in [9.17, 15) is 14.0 Å². The molecule has 146 valence electrons. The van der Waals surface area contributed by atoms with Crippen molar-refractivity contribution in [3.05, 3.63) is 77.6 Å². The van der Waals surface area contributed by atoms with Crippen molar-refractivity contribution < 1.29 is 18.7 Å².